The second-order valence-electron chi connectivity index (χ2n) is 3.99. The van der Waals surface area contributed by atoms with Gasteiger partial charge in [0.25, 0.3) is 0 Å². The second kappa shape index (κ2) is 4.03. The standard InChI is InChI=1S/C12H16N2O/c1-2-3-4-8-5-6-10-9(7-8)11(13)12(15)14-10/h5-7,11H,2-4,13H2,1H3,(H,14,15). The molecule has 0 bridgehead atoms. The van der Waals surface area contributed by atoms with Crippen molar-refractivity contribution in [3.05, 3.63) is 29.3 Å². The number of hydrogen-bond acceptors (Lipinski definition) is 2. The number of benzene rings is 1. The zero-order valence-electron chi connectivity index (χ0n) is 8.92. The van der Waals surface area contributed by atoms with E-state index in [-0.39, 0.29) is 5.91 Å². The summed E-state index contributed by atoms with van der Waals surface area (Å²) >= 11 is 0. The van der Waals surface area contributed by atoms with E-state index in [1.54, 1.807) is 0 Å². The van der Waals surface area contributed by atoms with Crippen LogP contribution in [0.5, 0.6) is 0 Å². The number of anilines is 1. The molecule has 1 unspecified atom stereocenters. The summed E-state index contributed by atoms with van der Waals surface area (Å²) < 4.78 is 0. The highest BCUT2D eigenvalue weighted by molar-refractivity contribution is 6.02. The highest BCUT2D eigenvalue weighted by Gasteiger charge is 2.26. The summed E-state index contributed by atoms with van der Waals surface area (Å²) in [6.07, 6.45) is 3.42. The van der Waals surface area contributed by atoms with Gasteiger partial charge in [-0.3, -0.25) is 4.79 Å². The first-order valence-corrected chi connectivity index (χ1v) is 5.41. The van der Waals surface area contributed by atoms with Crippen LogP contribution >= 0.6 is 0 Å². The van der Waals surface area contributed by atoms with Gasteiger partial charge in [0, 0.05) is 11.3 Å². The third-order valence-corrected chi connectivity index (χ3v) is 2.81. The van der Waals surface area contributed by atoms with Gasteiger partial charge in [-0.1, -0.05) is 25.5 Å². The molecule has 0 aromatic heterocycles. The number of hydrogen-bond donors (Lipinski definition) is 2. The number of carbonyl (C=O) groups excluding carboxylic acids is 1. The normalized spacial score (nSPS) is 18.8. The van der Waals surface area contributed by atoms with E-state index in [2.05, 4.69) is 18.3 Å². The van der Waals surface area contributed by atoms with Crippen molar-refractivity contribution in [2.45, 2.75) is 32.2 Å². The van der Waals surface area contributed by atoms with Gasteiger partial charge >= 0.3 is 0 Å². The van der Waals surface area contributed by atoms with Gasteiger partial charge in [-0.2, -0.15) is 0 Å². The molecule has 80 valence electrons. The Morgan fingerprint density at radius 1 is 1.47 bits per heavy atom. The summed E-state index contributed by atoms with van der Waals surface area (Å²) in [5, 5.41) is 2.77. The van der Waals surface area contributed by atoms with Gasteiger partial charge in [0.1, 0.15) is 6.04 Å². The van der Waals surface area contributed by atoms with Gasteiger partial charge in [-0.25, -0.2) is 0 Å². The molecule has 1 aromatic carbocycles. The van der Waals surface area contributed by atoms with Crippen LogP contribution in [0.1, 0.15) is 36.9 Å². The van der Waals surface area contributed by atoms with Gasteiger partial charge < -0.3 is 11.1 Å². The molecule has 3 nitrogen and oxygen atoms in total. The van der Waals surface area contributed by atoms with Crippen molar-refractivity contribution < 1.29 is 4.79 Å². The van der Waals surface area contributed by atoms with Crippen LogP contribution in [0, 0.1) is 0 Å². The number of amides is 1. The van der Waals surface area contributed by atoms with E-state index in [1.807, 2.05) is 12.1 Å². The third-order valence-electron chi connectivity index (χ3n) is 2.81. The Balaban J connectivity index is 2.23. The molecule has 1 aromatic rings. The summed E-state index contributed by atoms with van der Waals surface area (Å²) in [7, 11) is 0. The average molecular weight is 204 g/mol. The summed E-state index contributed by atoms with van der Waals surface area (Å²) in [5.41, 5.74) is 8.85. The highest BCUT2D eigenvalue weighted by Crippen LogP contribution is 2.30. The maximum absolute atomic E-state index is 11.3. The van der Waals surface area contributed by atoms with E-state index >= 15 is 0 Å². The fourth-order valence-corrected chi connectivity index (χ4v) is 1.87. The van der Waals surface area contributed by atoms with Crippen LogP contribution in [0.2, 0.25) is 0 Å². The van der Waals surface area contributed by atoms with E-state index in [0.29, 0.717) is 0 Å². The summed E-state index contributed by atoms with van der Waals surface area (Å²) in [6.45, 7) is 2.17. The molecule has 0 saturated carbocycles. The lowest BCUT2D eigenvalue weighted by Gasteiger charge is -2.05. The number of nitrogens with two attached hydrogens (primary N) is 1. The molecular weight excluding hydrogens is 188 g/mol. The summed E-state index contributed by atoms with van der Waals surface area (Å²) in [6, 6.07) is 5.58. The molecule has 0 aliphatic carbocycles. The number of unbranched alkanes of at least 4 members (excludes halogenated alkanes) is 1. The van der Waals surface area contributed by atoms with Crippen molar-refractivity contribution in [2.75, 3.05) is 5.32 Å². The van der Waals surface area contributed by atoms with Crippen molar-refractivity contribution in [3.63, 3.8) is 0 Å². The Kier molecular flexibility index (Phi) is 2.73. The molecule has 0 fully saturated rings. The lowest BCUT2D eigenvalue weighted by Crippen LogP contribution is -2.19. The Bertz CT molecular complexity index is 387. The molecule has 0 saturated heterocycles. The first kappa shape index (κ1) is 10.2. The van der Waals surface area contributed by atoms with Crippen LogP contribution < -0.4 is 11.1 Å². The van der Waals surface area contributed by atoms with Crippen LogP contribution in [0.3, 0.4) is 0 Å². The average Bonchev–Trinajstić information content (AvgIpc) is 2.52. The van der Waals surface area contributed by atoms with Crippen molar-refractivity contribution in [2.24, 2.45) is 5.73 Å². The number of aryl methyl sites for hydroxylation is 1. The molecule has 2 rings (SSSR count). The second-order valence-corrected chi connectivity index (χ2v) is 3.99. The number of carbonyl (C=O) groups is 1. The molecule has 1 amide bonds. The molecule has 0 radical (unpaired) electrons. The largest absolute Gasteiger partial charge is 0.324 e. The molecule has 15 heavy (non-hydrogen) atoms. The molecule has 0 spiro atoms. The molecular formula is C12H16N2O. The summed E-state index contributed by atoms with van der Waals surface area (Å²) in [5.74, 6) is -0.0994. The summed E-state index contributed by atoms with van der Waals surface area (Å²) in [4.78, 5) is 11.3. The van der Waals surface area contributed by atoms with Gasteiger partial charge in [0.15, 0.2) is 0 Å². The molecule has 1 heterocycles. The maximum Gasteiger partial charge on any atom is 0.245 e. The Labute approximate surface area is 89.7 Å². The first-order chi connectivity index (χ1) is 7.22. The Morgan fingerprint density at radius 3 is 3.00 bits per heavy atom. The maximum atomic E-state index is 11.3. The predicted molar refractivity (Wildman–Crippen MR) is 60.6 cm³/mol. The minimum Gasteiger partial charge on any atom is -0.324 e. The molecule has 3 heteroatoms. The van der Waals surface area contributed by atoms with Gasteiger partial charge in [-0.05, 0) is 24.5 Å². The van der Waals surface area contributed by atoms with Crippen molar-refractivity contribution in [3.8, 4) is 0 Å². The van der Waals surface area contributed by atoms with Gasteiger partial charge in [-0.15, -0.1) is 0 Å². The predicted octanol–water partition coefficient (Wildman–Crippen LogP) is 1.98. The number of fused-ring (bicyclic) bond motifs is 1. The number of rotatable bonds is 3. The first-order valence-electron chi connectivity index (χ1n) is 5.41. The fraction of sp³-hybridized carbons (Fsp3) is 0.417. The molecule has 1 atom stereocenters. The highest BCUT2D eigenvalue weighted by atomic mass is 16.2. The van der Waals surface area contributed by atoms with Crippen molar-refractivity contribution >= 4 is 11.6 Å². The third kappa shape index (κ3) is 1.88. The fourth-order valence-electron chi connectivity index (χ4n) is 1.87. The quantitative estimate of drug-likeness (QED) is 0.791. The Hall–Kier alpha value is -1.35. The van der Waals surface area contributed by atoms with Crippen LogP contribution in [0.25, 0.3) is 0 Å². The molecule has 1 aliphatic heterocycles. The van der Waals surface area contributed by atoms with Crippen LogP contribution in [-0.4, -0.2) is 5.91 Å². The zero-order chi connectivity index (χ0) is 10.8. The smallest absolute Gasteiger partial charge is 0.245 e. The lowest BCUT2D eigenvalue weighted by molar-refractivity contribution is -0.116. The Morgan fingerprint density at radius 2 is 2.27 bits per heavy atom. The van der Waals surface area contributed by atoms with Crippen LogP contribution in [-0.2, 0) is 11.2 Å². The van der Waals surface area contributed by atoms with Crippen LogP contribution in [0.4, 0.5) is 5.69 Å². The number of nitrogens with one attached hydrogen (secondary N) is 1. The van der Waals surface area contributed by atoms with E-state index in [9.17, 15) is 4.79 Å². The van der Waals surface area contributed by atoms with E-state index in [4.69, 9.17) is 5.73 Å². The van der Waals surface area contributed by atoms with E-state index in [0.717, 1.165) is 17.7 Å². The topological polar surface area (TPSA) is 55.1 Å². The molecule has 3 N–H and O–H groups in total. The molecule has 1 aliphatic rings. The van der Waals surface area contributed by atoms with Gasteiger partial charge in [0.2, 0.25) is 5.91 Å². The SMILES string of the molecule is CCCCc1ccc2c(c1)C(N)C(=O)N2. The van der Waals surface area contributed by atoms with Crippen molar-refractivity contribution in [1.29, 1.82) is 0 Å². The van der Waals surface area contributed by atoms with Crippen LogP contribution in [0.15, 0.2) is 18.2 Å². The minimum atomic E-state index is -0.485. The monoisotopic (exact) mass is 204 g/mol. The van der Waals surface area contributed by atoms with E-state index < -0.39 is 6.04 Å². The zero-order valence-corrected chi connectivity index (χ0v) is 8.92. The van der Waals surface area contributed by atoms with E-state index in [1.165, 1.54) is 18.4 Å². The van der Waals surface area contributed by atoms with Gasteiger partial charge in [0.05, 0.1) is 0 Å². The lowest BCUT2D eigenvalue weighted by atomic mass is 10.0. The minimum absolute atomic E-state index is 0.0994. The van der Waals surface area contributed by atoms with Crippen molar-refractivity contribution in [1.82, 2.24) is 0 Å².